The van der Waals surface area contributed by atoms with Crippen molar-refractivity contribution >= 4 is 39.2 Å². The summed E-state index contributed by atoms with van der Waals surface area (Å²) in [7, 11) is 0. The zero-order valence-corrected chi connectivity index (χ0v) is 14.6. The van der Waals surface area contributed by atoms with Crippen molar-refractivity contribution in [3.05, 3.63) is 56.0 Å². The average molecular weight is 423 g/mol. The number of carboxylic acid groups (broad SMARTS) is 1. The van der Waals surface area contributed by atoms with Crippen molar-refractivity contribution in [1.29, 1.82) is 0 Å². The zero-order valence-electron chi connectivity index (χ0n) is 13.0. The number of ether oxygens (including phenoxy) is 2. The minimum atomic E-state index is -1.57. The number of carbonyl (C=O) groups is 2. The first-order chi connectivity index (χ1) is 12.4. The van der Waals surface area contributed by atoms with E-state index in [0.29, 0.717) is 34.9 Å². The number of carboxylic acids is 1. The quantitative estimate of drug-likeness (QED) is 0.571. The van der Waals surface area contributed by atoms with E-state index in [4.69, 9.17) is 9.47 Å². The van der Waals surface area contributed by atoms with Crippen LogP contribution in [0.15, 0.2) is 34.8 Å². The van der Waals surface area contributed by atoms with Crippen molar-refractivity contribution in [2.45, 2.75) is 0 Å². The predicted molar refractivity (Wildman–Crippen MR) is 93.1 cm³/mol. The van der Waals surface area contributed by atoms with Gasteiger partial charge in [-0.3, -0.25) is 14.9 Å². The first-order valence-corrected chi connectivity index (χ1v) is 8.09. The third-order valence-electron chi connectivity index (χ3n) is 3.58. The Kier molecular flexibility index (Phi) is 4.76. The Hall–Kier alpha value is -3.14. The van der Waals surface area contributed by atoms with Gasteiger partial charge in [-0.05, 0) is 22.0 Å². The van der Waals surface area contributed by atoms with Gasteiger partial charge in [0.2, 0.25) is 0 Å². The van der Waals surface area contributed by atoms with E-state index in [0.717, 1.165) is 6.07 Å². The molecule has 3 rings (SSSR count). The van der Waals surface area contributed by atoms with Gasteiger partial charge in [-0.1, -0.05) is 6.07 Å². The SMILES string of the molecule is O=C(Nc1cc2c(cc1Br)OCCO2)c1cccc([N+](=O)[O-])c1C(=O)O. The average Bonchev–Trinajstić information content (AvgIpc) is 2.61. The Morgan fingerprint density at radius 2 is 1.85 bits per heavy atom. The number of fused-ring (bicyclic) bond motifs is 1. The lowest BCUT2D eigenvalue weighted by Crippen LogP contribution is -2.19. The number of halogens is 1. The fraction of sp³-hybridized carbons (Fsp3) is 0.125. The number of rotatable bonds is 4. The summed E-state index contributed by atoms with van der Waals surface area (Å²) < 4.78 is 11.3. The number of nitro benzene ring substituents is 1. The number of amides is 1. The molecule has 1 aliphatic rings. The van der Waals surface area contributed by atoms with E-state index in [1.54, 1.807) is 6.07 Å². The lowest BCUT2D eigenvalue weighted by Gasteiger charge is -2.20. The maximum absolute atomic E-state index is 12.5. The van der Waals surface area contributed by atoms with Crippen LogP contribution in [0.3, 0.4) is 0 Å². The van der Waals surface area contributed by atoms with Gasteiger partial charge in [0.25, 0.3) is 11.6 Å². The number of nitrogens with one attached hydrogen (secondary N) is 1. The molecule has 0 aliphatic carbocycles. The fourth-order valence-corrected chi connectivity index (χ4v) is 2.88. The highest BCUT2D eigenvalue weighted by atomic mass is 79.9. The molecule has 26 heavy (non-hydrogen) atoms. The van der Waals surface area contributed by atoms with Gasteiger partial charge >= 0.3 is 5.97 Å². The van der Waals surface area contributed by atoms with E-state index in [-0.39, 0.29) is 5.56 Å². The third kappa shape index (κ3) is 3.31. The minimum Gasteiger partial charge on any atom is -0.486 e. The van der Waals surface area contributed by atoms with Crippen LogP contribution >= 0.6 is 15.9 Å². The van der Waals surface area contributed by atoms with E-state index in [1.807, 2.05) is 0 Å². The topological polar surface area (TPSA) is 128 Å². The summed E-state index contributed by atoms with van der Waals surface area (Å²) in [5.74, 6) is -1.44. The lowest BCUT2D eigenvalue weighted by atomic mass is 10.0. The summed E-state index contributed by atoms with van der Waals surface area (Å²) in [5, 5.41) is 22.9. The van der Waals surface area contributed by atoms with Crippen LogP contribution < -0.4 is 14.8 Å². The molecule has 0 fully saturated rings. The standard InChI is InChI=1S/C16H11BrN2O7/c17-9-6-12-13(26-5-4-25-12)7-10(9)18-15(20)8-2-1-3-11(19(23)24)14(8)16(21)22/h1-3,6-7H,4-5H2,(H,18,20)(H,21,22). The first kappa shape index (κ1) is 17.7. The van der Waals surface area contributed by atoms with Crippen molar-refractivity contribution < 1.29 is 29.1 Å². The summed E-state index contributed by atoms with van der Waals surface area (Å²) in [6.07, 6.45) is 0. The maximum atomic E-state index is 12.5. The Labute approximate surface area is 154 Å². The van der Waals surface area contributed by atoms with Crippen molar-refractivity contribution in [2.75, 3.05) is 18.5 Å². The van der Waals surface area contributed by atoms with Gasteiger partial charge in [0, 0.05) is 22.7 Å². The predicted octanol–water partition coefficient (Wildman–Crippen LogP) is 3.08. The molecule has 0 saturated carbocycles. The molecule has 2 aromatic rings. The van der Waals surface area contributed by atoms with Gasteiger partial charge in [-0.25, -0.2) is 4.79 Å². The molecule has 2 aromatic carbocycles. The molecule has 0 saturated heterocycles. The summed E-state index contributed by atoms with van der Waals surface area (Å²) in [6, 6.07) is 6.61. The molecule has 9 nitrogen and oxygen atoms in total. The number of nitro groups is 1. The van der Waals surface area contributed by atoms with Gasteiger partial charge in [0.1, 0.15) is 18.8 Å². The monoisotopic (exact) mass is 422 g/mol. The highest BCUT2D eigenvalue weighted by Gasteiger charge is 2.27. The van der Waals surface area contributed by atoms with Crippen molar-refractivity contribution in [3.8, 4) is 11.5 Å². The number of carbonyl (C=O) groups excluding carboxylic acids is 1. The molecule has 1 aliphatic heterocycles. The largest absolute Gasteiger partial charge is 0.486 e. The molecular weight excluding hydrogens is 412 g/mol. The maximum Gasteiger partial charge on any atom is 0.343 e. The second-order valence-electron chi connectivity index (χ2n) is 5.19. The Bertz CT molecular complexity index is 929. The Morgan fingerprint density at radius 1 is 1.19 bits per heavy atom. The highest BCUT2D eigenvalue weighted by Crippen LogP contribution is 2.38. The molecule has 0 radical (unpaired) electrons. The van der Waals surface area contributed by atoms with Crippen molar-refractivity contribution in [3.63, 3.8) is 0 Å². The van der Waals surface area contributed by atoms with E-state index in [1.165, 1.54) is 18.2 Å². The summed E-state index contributed by atoms with van der Waals surface area (Å²) in [6.45, 7) is 0.761. The number of anilines is 1. The smallest absolute Gasteiger partial charge is 0.343 e. The normalized spacial score (nSPS) is 12.3. The number of hydrogen-bond donors (Lipinski definition) is 2. The molecule has 0 aromatic heterocycles. The summed E-state index contributed by atoms with van der Waals surface area (Å²) >= 11 is 3.29. The van der Waals surface area contributed by atoms with Crippen LogP contribution in [0.5, 0.6) is 11.5 Å². The molecular formula is C16H11BrN2O7. The molecule has 1 heterocycles. The van der Waals surface area contributed by atoms with Crippen molar-refractivity contribution in [2.24, 2.45) is 0 Å². The number of benzene rings is 2. The number of nitrogens with zero attached hydrogens (tertiary/aromatic N) is 1. The van der Waals surface area contributed by atoms with E-state index in [2.05, 4.69) is 21.2 Å². The molecule has 10 heteroatoms. The number of hydrogen-bond acceptors (Lipinski definition) is 6. The molecule has 0 unspecified atom stereocenters. The molecule has 2 N–H and O–H groups in total. The van der Waals surface area contributed by atoms with Gasteiger partial charge < -0.3 is 19.9 Å². The van der Waals surface area contributed by atoms with Crippen LogP contribution in [0.25, 0.3) is 0 Å². The van der Waals surface area contributed by atoms with Crippen LogP contribution in [-0.2, 0) is 0 Å². The second kappa shape index (κ2) is 7.00. The first-order valence-electron chi connectivity index (χ1n) is 7.29. The summed E-state index contributed by atoms with van der Waals surface area (Å²) in [5.41, 5.74) is -1.36. The van der Waals surface area contributed by atoms with Crippen LogP contribution in [0.1, 0.15) is 20.7 Å². The van der Waals surface area contributed by atoms with Crippen LogP contribution in [0.4, 0.5) is 11.4 Å². The number of aromatic carboxylic acids is 1. The van der Waals surface area contributed by atoms with Crippen molar-refractivity contribution in [1.82, 2.24) is 0 Å². The van der Waals surface area contributed by atoms with Crippen LogP contribution in [0, 0.1) is 10.1 Å². The van der Waals surface area contributed by atoms with Gasteiger partial charge in [0.05, 0.1) is 16.2 Å². The zero-order chi connectivity index (χ0) is 18.8. The van der Waals surface area contributed by atoms with Gasteiger partial charge in [-0.15, -0.1) is 0 Å². The molecule has 134 valence electrons. The van der Waals surface area contributed by atoms with Crippen LogP contribution in [0.2, 0.25) is 0 Å². The van der Waals surface area contributed by atoms with Gasteiger partial charge in [-0.2, -0.15) is 0 Å². The Balaban J connectivity index is 1.98. The van der Waals surface area contributed by atoms with E-state index in [9.17, 15) is 24.8 Å². The molecule has 0 atom stereocenters. The summed E-state index contributed by atoms with van der Waals surface area (Å²) in [4.78, 5) is 34.2. The second-order valence-corrected chi connectivity index (χ2v) is 6.05. The van der Waals surface area contributed by atoms with Gasteiger partial charge in [0.15, 0.2) is 11.5 Å². The van der Waals surface area contributed by atoms with E-state index >= 15 is 0 Å². The van der Waals surface area contributed by atoms with E-state index < -0.39 is 28.1 Å². The van der Waals surface area contributed by atoms with Crippen LogP contribution in [-0.4, -0.2) is 35.1 Å². The molecule has 0 spiro atoms. The fourth-order valence-electron chi connectivity index (χ4n) is 2.46. The highest BCUT2D eigenvalue weighted by molar-refractivity contribution is 9.10. The Morgan fingerprint density at radius 3 is 2.46 bits per heavy atom. The molecule has 1 amide bonds. The minimum absolute atomic E-state index is 0.307. The molecule has 0 bridgehead atoms. The third-order valence-corrected chi connectivity index (χ3v) is 4.23. The lowest BCUT2D eigenvalue weighted by molar-refractivity contribution is -0.385.